The summed E-state index contributed by atoms with van der Waals surface area (Å²) in [6.07, 6.45) is 37.0. The molecule has 6 heteroatoms. The average Bonchev–Trinajstić information content (AvgIpc) is 0.870. The molecule has 0 heterocycles. The van der Waals surface area contributed by atoms with Crippen LogP contribution in [0.4, 0.5) is 0 Å². The Labute approximate surface area is 645 Å². The van der Waals surface area contributed by atoms with Crippen molar-refractivity contribution in [1.82, 2.24) is 0 Å². The van der Waals surface area contributed by atoms with Gasteiger partial charge in [0.05, 0.1) is 12.7 Å². The molecule has 0 saturated carbocycles. The zero-order valence-corrected chi connectivity index (χ0v) is 76.2. The van der Waals surface area contributed by atoms with Gasteiger partial charge in [-0.05, 0) is 237 Å². The maximum absolute atomic E-state index is 10.00. The molecule has 0 aliphatic rings. The molecule has 102 heavy (non-hydrogen) atoms. The fourth-order valence-electron chi connectivity index (χ4n) is 14.4. The summed E-state index contributed by atoms with van der Waals surface area (Å²) in [7, 11) is 1.00. The van der Waals surface area contributed by atoms with Crippen molar-refractivity contribution in [1.29, 1.82) is 0 Å². The molecule has 610 valence electrons. The number of rotatable bonds is 45. The van der Waals surface area contributed by atoms with E-state index in [1.54, 1.807) is 13.8 Å². The van der Waals surface area contributed by atoms with E-state index in [-0.39, 0.29) is 38.6 Å². The van der Waals surface area contributed by atoms with Crippen LogP contribution in [0.15, 0.2) is 0 Å². The fraction of sp³-hybridized carbons (Fsp3) is 0.917. The van der Waals surface area contributed by atoms with Crippen LogP contribution in [0.25, 0.3) is 0 Å². The summed E-state index contributed by atoms with van der Waals surface area (Å²) in [5, 5.41) is 45.7. The van der Waals surface area contributed by atoms with E-state index in [1.165, 1.54) is 148 Å². The van der Waals surface area contributed by atoms with Gasteiger partial charge in [0.1, 0.15) is 11.2 Å². The van der Waals surface area contributed by atoms with Gasteiger partial charge in [-0.3, -0.25) is 0 Å². The molecule has 10 unspecified atom stereocenters. The van der Waals surface area contributed by atoms with Crippen LogP contribution in [0.1, 0.15) is 441 Å². The first kappa shape index (κ1) is 113. The second-order valence-corrected chi connectivity index (χ2v) is 36.8. The quantitative estimate of drug-likeness (QED) is 0.0307. The van der Waals surface area contributed by atoms with Gasteiger partial charge in [-0.2, -0.15) is 0 Å². The standard InChI is InChI=1S/C23H44O.C22H42.C20H38.C14H26O2.C14H30O2.C2H6.CH4O/c1-8-9-10-13-22(6,18-20(2)3)15-16-23(7,19-21(4)5)14-11-12-17-24;1-9-13-21(7,15-11-19(3)4)17-18-22(8,14-10-2)16-12-20(5)6;1-9-11-19(7,15-17(3)4)13-14-20(8,12-10-2)16-18(5)6;1-11(2)9-13(5,15)7-8-14(6,16)10-12(3)4;1-4-7-9-13(6-3)11-16-12-14(15)10-8-5-2;2*1-2/h20-21,24H,8-14,17-19H2,1-7H3;19-20H,9-16H2,1-8H3;17-18H,9-12,15-16H2,1-8H3;11-12,15-16H,9-10H2,1-6H3;13-15H,4-12H2,1-3H3;1-2H3;2H,1H3. The van der Waals surface area contributed by atoms with Gasteiger partial charge < -0.3 is 30.3 Å². The summed E-state index contributed by atoms with van der Waals surface area (Å²) < 4.78 is 5.59. The monoisotopic (exact) mass is 1440 g/mol. The largest absolute Gasteiger partial charge is 0.400 e. The highest BCUT2D eigenvalue weighted by Crippen LogP contribution is 2.38. The molecule has 0 aliphatic carbocycles. The number of aliphatic hydroxyl groups is 5. The third-order valence-corrected chi connectivity index (χ3v) is 19.0. The first-order chi connectivity index (χ1) is 47.3. The Morgan fingerprint density at radius 1 is 0.294 bits per heavy atom. The van der Waals surface area contributed by atoms with E-state index in [0.29, 0.717) is 55.6 Å². The zero-order chi connectivity index (χ0) is 80.9. The molecule has 0 aromatic carbocycles. The van der Waals surface area contributed by atoms with Crippen molar-refractivity contribution in [3.63, 3.8) is 0 Å². The highest BCUT2D eigenvalue weighted by Gasteiger charge is 2.30. The zero-order valence-electron chi connectivity index (χ0n) is 76.2. The number of ether oxygens (including phenoxy) is 1. The highest BCUT2D eigenvalue weighted by atomic mass is 16.5. The van der Waals surface area contributed by atoms with Crippen LogP contribution < -0.4 is 0 Å². The Kier molecular flexibility index (Phi) is 73.4. The van der Waals surface area contributed by atoms with Crippen LogP contribution >= 0.6 is 0 Å². The molecular formula is C96H190O6. The van der Waals surface area contributed by atoms with Gasteiger partial charge in [0.15, 0.2) is 0 Å². The molecule has 0 saturated heterocycles. The van der Waals surface area contributed by atoms with E-state index in [1.807, 2.05) is 41.5 Å². The predicted molar refractivity (Wildman–Crippen MR) is 460 cm³/mol. The number of hydrogen-bond acceptors (Lipinski definition) is 6. The second kappa shape index (κ2) is 66.0. The average molecular weight is 1440 g/mol. The molecule has 0 spiro atoms. The maximum atomic E-state index is 10.00. The van der Waals surface area contributed by atoms with E-state index in [9.17, 15) is 15.3 Å². The van der Waals surface area contributed by atoms with Crippen molar-refractivity contribution in [3.05, 3.63) is 0 Å². The minimum atomic E-state index is -1.00. The van der Waals surface area contributed by atoms with Gasteiger partial charge in [0, 0.05) is 52.8 Å². The van der Waals surface area contributed by atoms with Crippen molar-refractivity contribution in [2.75, 3.05) is 26.9 Å². The molecule has 5 N–H and O–H groups in total. The summed E-state index contributed by atoms with van der Waals surface area (Å²) >= 11 is 0. The Morgan fingerprint density at radius 3 is 0.833 bits per heavy atom. The van der Waals surface area contributed by atoms with Crippen molar-refractivity contribution < 1.29 is 30.3 Å². The maximum Gasteiger partial charge on any atom is 0.123 e. The SMILES string of the molecule is CC.CC(C)CC(C)(O)C#CC(C)(O)CC(C)C.CCCC(C)(C#CC(C)(CCC)CC(C)C)CC(C)C.CCCC(C)(C#CC(C)(CCC)CCC(C)C)CCC(C)C.CCCCC(O)COCC(CC)CCCC.CCCCCC(C)(C#CC(C)(CCCCO)CC(C)C)CC(C)C.CO. The molecule has 6 nitrogen and oxygen atoms in total. The molecule has 0 aromatic heterocycles. The molecule has 0 aliphatic heterocycles. The minimum Gasteiger partial charge on any atom is -0.400 e. The smallest absolute Gasteiger partial charge is 0.123 e. The molecule has 0 radical (unpaired) electrons. The van der Waals surface area contributed by atoms with Crippen LogP contribution in [0, 0.1) is 133 Å². The van der Waals surface area contributed by atoms with Crippen molar-refractivity contribution in [2.45, 2.75) is 458 Å². The van der Waals surface area contributed by atoms with Crippen molar-refractivity contribution in [2.24, 2.45) is 85.8 Å². The second-order valence-electron chi connectivity index (χ2n) is 36.8. The lowest BCUT2D eigenvalue weighted by Crippen LogP contribution is -2.28. The van der Waals surface area contributed by atoms with Crippen molar-refractivity contribution in [3.8, 4) is 47.4 Å². The van der Waals surface area contributed by atoms with Crippen LogP contribution in [-0.4, -0.2) is 69.8 Å². The molecule has 0 bridgehead atoms. The van der Waals surface area contributed by atoms with Gasteiger partial charge in [-0.1, -0.05) is 304 Å². The fourth-order valence-corrected chi connectivity index (χ4v) is 14.4. The molecular weight excluding hydrogens is 1250 g/mol. The topological polar surface area (TPSA) is 110 Å². The minimum absolute atomic E-state index is 0.0896. The van der Waals surface area contributed by atoms with Gasteiger partial charge in [-0.25, -0.2) is 0 Å². The Morgan fingerprint density at radius 2 is 0.569 bits per heavy atom. The number of aliphatic hydroxyl groups excluding tert-OH is 3. The molecule has 0 aromatic rings. The van der Waals surface area contributed by atoms with Gasteiger partial charge in [0.25, 0.3) is 0 Å². The Bertz CT molecular complexity index is 2000. The van der Waals surface area contributed by atoms with Gasteiger partial charge >= 0.3 is 0 Å². The summed E-state index contributed by atoms with van der Waals surface area (Å²) in [5.41, 5.74) is -0.934. The normalized spacial score (nSPS) is 16.4. The van der Waals surface area contributed by atoms with Crippen LogP contribution in [-0.2, 0) is 4.74 Å². The van der Waals surface area contributed by atoms with Crippen molar-refractivity contribution >= 4 is 0 Å². The first-order valence-electron chi connectivity index (χ1n) is 43.2. The van der Waals surface area contributed by atoms with E-state index in [4.69, 9.17) is 14.9 Å². The summed E-state index contributed by atoms with van der Waals surface area (Å²) in [5.74, 6) is 33.8. The van der Waals surface area contributed by atoms with Gasteiger partial charge in [0.2, 0.25) is 0 Å². The lowest BCUT2D eigenvalue weighted by atomic mass is 9.74. The summed E-state index contributed by atoms with van der Waals surface area (Å²) in [4.78, 5) is 0. The summed E-state index contributed by atoms with van der Waals surface area (Å²) in [6.45, 7) is 77.2. The summed E-state index contributed by atoms with van der Waals surface area (Å²) in [6, 6.07) is 0. The number of hydrogen-bond donors (Lipinski definition) is 5. The molecule has 0 amide bonds. The lowest BCUT2D eigenvalue weighted by molar-refractivity contribution is 0.0147. The molecule has 0 rings (SSSR count). The van der Waals surface area contributed by atoms with E-state index >= 15 is 0 Å². The van der Waals surface area contributed by atoms with E-state index in [2.05, 4.69) is 227 Å². The van der Waals surface area contributed by atoms with Gasteiger partial charge in [-0.15, -0.1) is 0 Å². The van der Waals surface area contributed by atoms with Crippen LogP contribution in [0.5, 0.6) is 0 Å². The van der Waals surface area contributed by atoms with Crippen LogP contribution in [0.3, 0.4) is 0 Å². The van der Waals surface area contributed by atoms with E-state index in [0.717, 1.165) is 82.3 Å². The third-order valence-electron chi connectivity index (χ3n) is 19.0. The molecule has 0 fully saturated rings. The lowest BCUT2D eigenvalue weighted by Gasteiger charge is -2.29. The molecule has 10 atom stereocenters. The van der Waals surface area contributed by atoms with E-state index < -0.39 is 11.2 Å². The van der Waals surface area contributed by atoms with Crippen LogP contribution in [0.2, 0.25) is 0 Å². The third kappa shape index (κ3) is 73.5. The highest BCUT2D eigenvalue weighted by molar-refractivity contribution is 5.21. The Balaban J connectivity index is -0.000000220. The first-order valence-corrected chi connectivity index (χ1v) is 43.2. The Hall–Kier alpha value is -2.00. The number of unbranched alkanes of at least 4 members (excludes halogenated alkanes) is 5. The predicted octanol–water partition coefficient (Wildman–Crippen LogP) is 28.0.